The zero-order valence-electron chi connectivity index (χ0n) is 6.90. The summed E-state index contributed by atoms with van der Waals surface area (Å²) in [5.41, 5.74) is 0. The summed E-state index contributed by atoms with van der Waals surface area (Å²) in [4.78, 5) is 0. The van der Waals surface area contributed by atoms with E-state index in [0.29, 0.717) is 12.2 Å². The summed E-state index contributed by atoms with van der Waals surface area (Å²) >= 11 is 1.57. The van der Waals surface area contributed by atoms with Gasteiger partial charge in [-0.3, -0.25) is 0 Å². The van der Waals surface area contributed by atoms with Crippen molar-refractivity contribution in [3.8, 4) is 0 Å². The van der Waals surface area contributed by atoms with Gasteiger partial charge in [0.25, 0.3) is 0 Å². The predicted molar refractivity (Wildman–Crippen MR) is 44.3 cm³/mol. The monoisotopic (exact) mass is 202 g/mol. The van der Waals surface area contributed by atoms with Crippen LogP contribution in [0.5, 0.6) is 0 Å². The molecule has 0 aliphatic heterocycles. The molecule has 0 aromatic rings. The number of aliphatic hydroxyl groups is 1. The van der Waals surface area contributed by atoms with Crippen LogP contribution >= 0.6 is 11.8 Å². The first-order valence-electron chi connectivity index (χ1n) is 3.80. The van der Waals surface area contributed by atoms with Crippen LogP contribution in [0.15, 0.2) is 0 Å². The van der Waals surface area contributed by atoms with Crippen LogP contribution in [0.1, 0.15) is 19.8 Å². The first-order chi connectivity index (χ1) is 5.48. The lowest BCUT2D eigenvalue weighted by molar-refractivity contribution is -0.241. The van der Waals surface area contributed by atoms with Crippen molar-refractivity contribution >= 4 is 11.8 Å². The molecule has 1 nitrogen and oxygen atoms in total. The van der Waals surface area contributed by atoms with Crippen LogP contribution in [0.4, 0.5) is 13.2 Å². The normalized spacial score (nSPS) is 14.8. The van der Waals surface area contributed by atoms with Crippen LogP contribution in [0.25, 0.3) is 0 Å². The third kappa shape index (κ3) is 5.71. The number of halogens is 3. The summed E-state index contributed by atoms with van der Waals surface area (Å²) in [7, 11) is 0. The molecule has 0 rings (SSSR count). The molecule has 0 heterocycles. The quantitative estimate of drug-likeness (QED) is 0.667. The maximum Gasteiger partial charge on any atom is 0.384 e. The highest BCUT2D eigenvalue weighted by molar-refractivity contribution is 7.99. The van der Waals surface area contributed by atoms with Crippen molar-refractivity contribution < 1.29 is 18.3 Å². The molecule has 0 bridgehead atoms. The van der Waals surface area contributed by atoms with Crippen molar-refractivity contribution in [1.82, 2.24) is 0 Å². The Labute approximate surface area is 74.3 Å². The van der Waals surface area contributed by atoms with Crippen LogP contribution in [0, 0.1) is 0 Å². The third-order valence-corrected chi connectivity index (χ3v) is 2.31. The summed E-state index contributed by atoms with van der Waals surface area (Å²) in [6.45, 7) is 1.94. The van der Waals surface area contributed by atoms with Crippen LogP contribution in [0.3, 0.4) is 0 Å². The van der Waals surface area contributed by atoms with Crippen molar-refractivity contribution in [2.75, 3.05) is 11.5 Å². The van der Waals surface area contributed by atoms with Gasteiger partial charge in [-0.1, -0.05) is 6.92 Å². The zero-order chi connectivity index (χ0) is 9.61. The summed E-state index contributed by atoms with van der Waals surface area (Å²) in [5.74, 6) is 1.56. The highest BCUT2D eigenvalue weighted by Gasteiger charge is 2.36. The smallest absolute Gasteiger partial charge is 0.334 e. The minimum Gasteiger partial charge on any atom is -0.334 e. The largest absolute Gasteiger partial charge is 0.384 e. The average molecular weight is 202 g/mol. The molecule has 0 spiro atoms. The van der Waals surface area contributed by atoms with Gasteiger partial charge in [-0.15, -0.1) is 0 Å². The van der Waals surface area contributed by atoms with E-state index in [4.69, 9.17) is 5.11 Å². The molecule has 12 heavy (non-hydrogen) atoms. The zero-order valence-corrected chi connectivity index (χ0v) is 7.71. The second-order valence-corrected chi connectivity index (χ2v) is 3.79. The van der Waals surface area contributed by atoms with Gasteiger partial charge >= 0.3 is 6.11 Å². The lowest BCUT2D eigenvalue weighted by Gasteiger charge is -2.13. The lowest BCUT2D eigenvalue weighted by Crippen LogP contribution is -2.29. The summed E-state index contributed by atoms with van der Waals surface area (Å²) in [6.07, 6.45) is -6.50. The van der Waals surface area contributed by atoms with Crippen molar-refractivity contribution in [1.29, 1.82) is 0 Å². The molecule has 1 N–H and O–H groups in total. The fourth-order valence-electron chi connectivity index (χ4n) is 0.683. The molecule has 0 aromatic carbocycles. The fraction of sp³-hybridized carbons (Fsp3) is 1.00. The van der Waals surface area contributed by atoms with Gasteiger partial charge in [0, 0.05) is 0 Å². The highest BCUT2D eigenvalue weighted by atomic mass is 32.2. The SMILES string of the molecule is CCSCCCC(F)C(O)(F)F. The topological polar surface area (TPSA) is 20.2 Å². The highest BCUT2D eigenvalue weighted by Crippen LogP contribution is 2.22. The van der Waals surface area contributed by atoms with Gasteiger partial charge in [0.05, 0.1) is 0 Å². The van der Waals surface area contributed by atoms with E-state index in [-0.39, 0.29) is 6.42 Å². The fourth-order valence-corrected chi connectivity index (χ4v) is 1.34. The second-order valence-electron chi connectivity index (χ2n) is 2.39. The van der Waals surface area contributed by atoms with E-state index in [1.54, 1.807) is 11.8 Å². The van der Waals surface area contributed by atoms with Crippen molar-refractivity contribution in [2.24, 2.45) is 0 Å². The molecule has 74 valence electrons. The Morgan fingerprint density at radius 1 is 1.50 bits per heavy atom. The second kappa shape index (κ2) is 5.70. The molecule has 0 aromatic heterocycles. The Kier molecular flexibility index (Phi) is 5.74. The number of thioether (sulfide) groups is 1. The van der Waals surface area contributed by atoms with E-state index in [1.807, 2.05) is 6.92 Å². The van der Waals surface area contributed by atoms with E-state index in [2.05, 4.69) is 0 Å². The van der Waals surface area contributed by atoms with E-state index >= 15 is 0 Å². The van der Waals surface area contributed by atoms with E-state index in [9.17, 15) is 13.2 Å². The first kappa shape index (κ1) is 12.1. The third-order valence-electron chi connectivity index (χ3n) is 1.33. The van der Waals surface area contributed by atoms with Gasteiger partial charge in [-0.2, -0.15) is 20.5 Å². The molecule has 0 aliphatic rings. The molecule has 0 aliphatic carbocycles. The number of hydrogen-bond acceptors (Lipinski definition) is 2. The Balaban J connectivity index is 3.38. The molecule has 0 radical (unpaired) electrons. The van der Waals surface area contributed by atoms with Crippen molar-refractivity contribution in [3.63, 3.8) is 0 Å². The van der Waals surface area contributed by atoms with Crippen LogP contribution in [0.2, 0.25) is 0 Å². The Hall–Kier alpha value is 0.1000. The number of hydrogen-bond donors (Lipinski definition) is 1. The molecular formula is C7H13F3OS. The Bertz CT molecular complexity index is 116. The van der Waals surface area contributed by atoms with Crippen LogP contribution in [-0.4, -0.2) is 28.9 Å². The maximum atomic E-state index is 12.3. The lowest BCUT2D eigenvalue weighted by atomic mass is 10.2. The maximum absolute atomic E-state index is 12.3. The van der Waals surface area contributed by atoms with Gasteiger partial charge in [0.1, 0.15) is 0 Å². The summed E-state index contributed by atoms with van der Waals surface area (Å²) < 4.78 is 35.9. The summed E-state index contributed by atoms with van der Waals surface area (Å²) in [6, 6.07) is 0. The van der Waals surface area contributed by atoms with E-state index in [1.165, 1.54) is 0 Å². The molecular weight excluding hydrogens is 189 g/mol. The molecule has 5 heteroatoms. The van der Waals surface area contributed by atoms with Gasteiger partial charge < -0.3 is 5.11 Å². The van der Waals surface area contributed by atoms with Gasteiger partial charge in [0.2, 0.25) is 0 Å². The summed E-state index contributed by atoms with van der Waals surface area (Å²) in [5, 5.41) is 7.93. The average Bonchev–Trinajstić information content (AvgIpc) is 1.96. The van der Waals surface area contributed by atoms with Crippen molar-refractivity contribution in [2.45, 2.75) is 32.0 Å². The number of rotatable bonds is 6. The van der Waals surface area contributed by atoms with Crippen LogP contribution in [-0.2, 0) is 0 Å². The minimum absolute atomic E-state index is 0.281. The van der Waals surface area contributed by atoms with E-state index in [0.717, 1.165) is 5.75 Å². The molecule has 0 saturated carbocycles. The molecule has 0 fully saturated rings. The minimum atomic E-state index is -4.17. The molecule has 1 unspecified atom stereocenters. The Morgan fingerprint density at radius 2 is 2.08 bits per heavy atom. The van der Waals surface area contributed by atoms with Gasteiger partial charge in [0.15, 0.2) is 6.17 Å². The first-order valence-corrected chi connectivity index (χ1v) is 4.96. The Morgan fingerprint density at radius 3 is 2.50 bits per heavy atom. The molecule has 0 saturated heterocycles. The van der Waals surface area contributed by atoms with Crippen LogP contribution < -0.4 is 0 Å². The van der Waals surface area contributed by atoms with Gasteiger partial charge in [-0.25, -0.2) is 4.39 Å². The standard InChI is InChI=1S/C7H13F3OS/c1-2-12-5-3-4-6(8)7(9,10)11/h6,11H,2-5H2,1H3. The van der Waals surface area contributed by atoms with Crippen molar-refractivity contribution in [3.05, 3.63) is 0 Å². The predicted octanol–water partition coefficient (Wildman–Crippen LogP) is 2.44. The van der Waals surface area contributed by atoms with E-state index < -0.39 is 12.3 Å². The number of alkyl halides is 3. The molecule has 0 amide bonds. The molecule has 1 atom stereocenters. The van der Waals surface area contributed by atoms with Gasteiger partial charge in [-0.05, 0) is 24.3 Å².